The first kappa shape index (κ1) is 23.6. The van der Waals surface area contributed by atoms with Crippen molar-refractivity contribution >= 4 is 17.5 Å². The van der Waals surface area contributed by atoms with Gasteiger partial charge in [-0.3, -0.25) is 19.8 Å². The molecule has 0 bridgehead atoms. The number of hydrogen-bond acceptors (Lipinski definition) is 5. The van der Waals surface area contributed by atoms with Gasteiger partial charge in [-0.05, 0) is 43.5 Å². The summed E-state index contributed by atoms with van der Waals surface area (Å²) < 4.78 is 27.4. The van der Waals surface area contributed by atoms with Crippen molar-refractivity contribution in [1.82, 2.24) is 10.2 Å². The Morgan fingerprint density at radius 1 is 1.16 bits per heavy atom. The fraction of sp³-hybridized carbons (Fsp3) is 0.652. The first-order valence-corrected chi connectivity index (χ1v) is 11.4. The van der Waals surface area contributed by atoms with E-state index in [1.807, 2.05) is 24.3 Å². The van der Waals surface area contributed by atoms with Crippen molar-refractivity contribution in [2.24, 2.45) is 5.73 Å². The lowest BCUT2D eigenvalue weighted by atomic mass is 9.95. The number of rotatable bonds is 10. The number of carbonyl (C=O) groups is 2. The first-order chi connectivity index (χ1) is 14.9. The number of carbonyl (C=O) groups excluding carboxylic acids is 2. The Morgan fingerprint density at radius 2 is 1.90 bits per heavy atom. The highest BCUT2D eigenvalue weighted by Gasteiger charge is 2.36. The third-order valence-corrected chi connectivity index (χ3v) is 6.25. The lowest BCUT2D eigenvalue weighted by Gasteiger charge is -2.38. The van der Waals surface area contributed by atoms with E-state index >= 15 is 0 Å². The van der Waals surface area contributed by atoms with Gasteiger partial charge in [0.2, 0.25) is 11.8 Å². The number of alkyl halides is 2. The monoisotopic (exact) mass is 436 g/mol. The molecule has 2 saturated heterocycles. The van der Waals surface area contributed by atoms with Crippen molar-refractivity contribution in [3.63, 3.8) is 0 Å². The number of amides is 2. The van der Waals surface area contributed by atoms with E-state index in [0.717, 1.165) is 43.4 Å². The smallest absolute Gasteiger partial charge is 0.250 e. The first-order valence-electron chi connectivity index (χ1n) is 11.4. The maximum absolute atomic E-state index is 13.7. The minimum atomic E-state index is -2.57. The predicted molar refractivity (Wildman–Crippen MR) is 117 cm³/mol. The van der Waals surface area contributed by atoms with Crippen molar-refractivity contribution in [1.29, 1.82) is 0 Å². The molecule has 2 aliphatic heterocycles. The Hall–Kier alpha value is -2.06. The van der Waals surface area contributed by atoms with Gasteiger partial charge in [-0.25, -0.2) is 8.78 Å². The Morgan fingerprint density at radius 3 is 2.61 bits per heavy atom. The van der Waals surface area contributed by atoms with E-state index in [1.165, 1.54) is 0 Å². The molecular weight excluding hydrogens is 402 g/mol. The molecule has 172 valence electrons. The summed E-state index contributed by atoms with van der Waals surface area (Å²) in [6, 6.07) is 7.50. The molecule has 2 fully saturated rings. The van der Waals surface area contributed by atoms with Gasteiger partial charge in [-0.2, -0.15) is 0 Å². The number of hydrogen-bond donors (Lipinski definition) is 3. The van der Waals surface area contributed by atoms with Gasteiger partial charge in [-0.1, -0.05) is 31.4 Å². The van der Waals surface area contributed by atoms with Crippen LogP contribution in [0.3, 0.4) is 0 Å². The molecule has 0 aromatic heterocycles. The molecule has 2 unspecified atom stereocenters. The number of nitrogens with one attached hydrogen (secondary N) is 2. The summed E-state index contributed by atoms with van der Waals surface area (Å²) in [6.07, 6.45) is 5.64. The zero-order chi connectivity index (χ0) is 22.3. The SMILES string of the molecule is NCCCCCCC(c1cccc(NC2CCC(=O)NC2=O)c1)N1CCC(F)(F)CC1. The van der Waals surface area contributed by atoms with Crippen LogP contribution in [0.4, 0.5) is 14.5 Å². The Bertz CT molecular complexity index is 749. The molecule has 0 spiro atoms. The van der Waals surface area contributed by atoms with E-state index in [4.69, 9.17) is 5.73 Å². The second kappa shape index (κ2) is 11.0. The van der Waals surface area contributed by atoms with Crippen LogP contribution in [0.25, 0.3) is 0 Å². The molecule has 0 radical (unpaired) electrons. The van der Waals surface area contributed by atoms with Gasteiger partial charge in [-0.15, -0.1) is 0 Å². The summed E-state index contributed by atoms with van der Waals surface area (Å²) in [5, 5.41) is 5.59. The minimum Gasteiger partial charge on any atom is -0.374 e. The molecule has 2 aliphatic rings. The summed E-state index contributed by atoms with van der Waals surface area (Å²) >= 11 is 0. The highest BCUT2D eigenvalue weighted by Crippen LogP contribution is 2.35. The van der Waals surface area contributed by atoms with Gasteiger partial charge in [0.05, 0.1) is 0 Å². The van der Waals surface area contributed by atoms with E-state index in [1.54, 1.807) is 0 Å². The molecule has 0 saturated carbocycles. The molecule has 6 nitrogen and oxygen atoms in total. The summed E-state index contributed by atoms with van der Waals surface area (Å²) in [7, 11) is 0. The number of benzene rings is 1. The third kappa shape index (κ3) is 6.97. The van der Waals surface area contributed by atoms with E-state index in [-0.39, 0.29) is 30.7 Å². The van der Waals surface area contributed by atoms with Crippen LogP contribution in [0.2, 0.25) is 0 Å². The van der Waals surface area contributed by atoms with Gasteiger partial charge in [0.15, 0.2) is 0 Å². The average Bonchev–Trinajstić information content (AvgIpc) is 2.73. The molecule has 2 amide bonds. The summed E-state index contributed by atoms with van der Waals surface area (Å²) in [4.78, 5) is 25.6. The van der Waals surface area contributed by atoms with E-state index in [9.17, 15) is 18.4 Å². The van der Waals surface area contributed by atoms with E-state index < -0.39 is 12.0 Å². The van der Waals surface area contributed by atoms with Crippen molar-refractivity contribution < 1.29 is 18.4 Å². The molecular formula is C23H34F2N4O2. The number of unbranched alkanes of at least 4 members (excludes halogenated alkanes) is 3. The second-order valence-electron chi connectivity index (χ2n) is 8.67. The zero-order valence-electron chi connectivity index (χ0n) is 18.0. The maximum Gasteiger partial charge on any atom is 0.250 e. The van der Waals surface area contributed by atoms with E-state index in [0.29, 0.717) is 32.5 Å². The van der Waals surface area contributed by atoms with Crippen LogP contribution in [-0.2, 0) is 9.59 Å². The molecule has 0 aliphatic carbocycles. The topological polar surface area (TPSA) is 87.5 Å². The zero-order valence-corrected chi connectivity index (χ0v) is 18.0. The van der Waals surface area contributed by atoms with Crippen LogP contribution in [0.1, 0.15) is 69.4 Å². The Labute approximate surface area is 182 Å². The molecule has 2 heterocycles. The number of halogens is 2. The van der Waals surface area contributed by atoms with Crippen LogP contribution >= 0.6 is 0 Å². The molecule has 31 heavy (non-hydrogen) atoms. The highest BCUT2D eigenvalue weighted by molar-refractivity contribution is 6.01. The second-order valence-corrected chi connectivity index (χ2v) is 8.67. The van der Waals surface area contributed by atoms with Crippen LogP contribution in [0, 0.1) is 0 Å². The lowest BCUT2D eigenvalue weighted by Crippen LogP contribution is -2.47. The Kier molecular flexibility index (Phi) is 8.37. The average molecular weight is 437 g/mol. The van der Waals surface area contributed by atoms with Crippen LogP contribution in [-0.4, -0.2) is 48.3 Å². The quantitative estimate of drug-likeness (QED) is 0.385. The van der Waals surface area contributed by atoms with Crippen LogP contribution in [0.15, 0.2) is 24.3 Å². The number of imide groups is 1. The van der Waals surface area contributed by atoms with Crippen LogP contribution in [0.5, 0.6) is 0 Å². The van der Waals surface area contributed by atoms with Crippen molar-refractivity contribution in [2.75, 3.05) is 25.0 Å². The fourth-order valence-corrected chi connectivity index (χ4v) is 4.43. The van der Waals surface area contributed by atoms with Crippen molar-refractivity contribution in [3.8, 4) is 0 Å². The summed E-state index contributed by atoms with van der Waals surface area (Å²) in [6.45, 7) is 1.45. The molecule has 1 aromatic rings. The lowest BCUT2D eigenvalue weighted by molar-refractivity contribution is -0.133. The van der Waals surface area contributed by atoms with Crippen LogP contribution < -0.4 is 16.4 Å². The van der Waals surface area contributed by atoms with Crippen molar-refractivity contribution in [2.45, 2.75) is 75.8 Å². The van der Waals surface area contributed by atoms with Gasteiger partial charge < -0.3 is 11.1 Å². The van der Waals surface area contributed by atoms with Gasteiger partial charge in [0.25, 0.3) is 5.92 Å². The summed E-state index contributed by atoms with van der Waals surface area (Å²) in [5.41, 5.74) is 7.46. The number of nitrogens with zero attached hydrogens (tertiary/aromatic N) is 1. The summed E-state index contributed by atoms with van der Waals surface area (Å²) in [5.74, 6) is -3.12. The van der Waals surface area contributed by atoms with Gasteiger partial charge in [0.1, 0.15) is 6.04 Å². The molecule has 8 heteroatoms. The standard InChI is InChI=1S/C23H34F2N4O2/c24-23(25)11-14-29(15-12-23)20(8-3-1-2-4-13-26)17-6-5-7-18(16-17)27-19-9-10-21(30)28-22(19)31/h5-7,16,19-20,27H,1-4,8-15,26H2,(H,28,30,31). The molecule has 1 aromatic carbocycles. The molecule has 4 N–H and O–H groups in total. The van der Waals surface area contributed by atoms with Gasteiger partial charge >= 0.3 is 0 Å². The van der Waals surface area contributed by atoms with Crippen molar-refractivity contribution in [3.05, 3.63) is 29.8 Å². The maximum atomic E-state index is 13.7. The number of piperidine rings is 2. The molecule has 2 atom stereocenters. The third-order valence-electron chi connectivity index (χ3n) is 6.25. The largest absolute Gasteiger partial charge is 0.374 e. The van der Waals surface area contributed by atoms with Gasteiger partial charge in [0, 0.05) is 44.1 Å². The highest BCUT2D eigenvalue weighted by atomic mass is 19.3. The number of nitrogens with two attached hydrogens (primary N) is 1. The Balaban J connectivity index is 1.69. The minimum absolute atomic E-state index is 0.0671. The number of anilines is 1. The number of likely N-dealkylation sites (tertiary alicyclic amines) is 1. The predicted octanol–water partition coefficient (Wildman–Crippen LogP) is 3.59. The molecule has 3 rings (SSSR count). The van der Waals surface area contributed by atoms with E-state index in [2.05, 4.69) is 15.5 Å². The normalized spacial score (nSPS) is 22.7. The fourth-order valence-electron chi connectivity index (χ4n) is 4.43.